The van der Waals surface area contributed by atoms with Crippen molar-refractivity contribution in [2.45, 2.75) is 38.6 Å². The number of rotatable bonds is 7. The van der Waals surface area contributed by atoms with Gasteiger partial charge in [-0.25, -0.2) is 0 Å². The second kappa shape index (κ2) is 6.78. The summed E-state index contributed by atoms with van der Waals surface area (Å²) in [6, 6.07) is 8.53. The summed E-state index contributed by atoms with van der Waals surface area (Å²) in [4.78, 5) is 22.0. The van der Waals surface area contributed by atoms with Gasteiger partial charge < -0.3 is 0 Å². The van der Waals surface area contributed by atoms with Crippen molar-refractivity contribution < 1.29 is 9.72 Å². The molecule has 0 N–H and O–H groups in total. The van der Waals surface area contributed by atoms with E-state index in [0.717, 1.165) is 5.56 Å². The van der Waals surface area contributed by atoms with Gasteiger partial charge in [-0.3, -0.25) is 14.9 Å². The summed E-state index contributed by atoms with van der Waals surface area (Å²) in [6.45, 7) is 1.85. The molecule has 0 bridgehead atoms. The number of carbonyl (C=O) groups excluding carboxylic acids is 1. The highest BCUT2D eigenvalue weighted by Crippen LogP contribution is 2.09. The molecular formula is C13H17NO3. The van der Waals surface area contributed by atoms with Crippen molar-refractivity contribution in [1.29, 1.82) is 0 Å². The number of Topliss-reactive ketones (excluding diaryl/α,β-unsaturated/α-hetero) is 1. The number of nitro groups is 1. The van der Waals surface area contributed by atoms with Crippen LogP contribution in [0.15, 0.2) is 30.3 Å². The van der Waals surface area contributed by atoms with Crippen LogP contribution in [0, 0.1) is 10.1 Å². The maximum Gasteiger partial charge on any atom is 0.270 e. The molecule has 4 nitrogen and oxygen atoms in total. The first kappa shape index (κ1) is 13.4. The molecule has 1 aromatic carbocycles. The van der Waals surface area contributed by atoms with E-state index in [-0.39, 0.29) is 12.2 Å². The molecule has 0 amide bonds. The van der Waals surface area contributed by atoms with E-state index in [4.69, 9.17) is 0 Å². The molecule has 1 aromatic rings. The fraction of sp³-hybridized carbons (Fsp3) is 0.462. The molecule has 92 valence electrons. The molecular weight excluding hydrogens is 218 g/mol. The lowest BCUT2D eigenvalue weighted by atomic mass is 10.0. The summed E-state index contributed by atoms with van der Waals surface area (Å²) in [5.41, 5.74) is 1.04. The zero-order valence-electron chi connectivity index (χ0n) is 9.96. The first-order valence-electron chi connectivity index (χ1n) is 5.85. The molecule has 1 rings (SSSR count). The van der Waals surface area contributed by atoms with Crippen molar-refractivity contribution in [2.24, 2.45) is 0 Å². The molecule has 1 atom stereocenters. The molecule has 0 heterocycles. The molecule has 4 heteroatoms. The topological polar surface area (TPSA) is 60.2 Å². The van der Waals surface area contributed by atoms with Crippen LogP contribution in [-0.2, 0) is 11.2 Å². The summed E-state index contributed by atoms with van der Waals surface area (Å²) < 4.78 is 0. The molecule has 0 aliphatic carbocycles. The Morgan fingerprint density at radius 3 is 2.53 bits per heavy atom. The number of hydrogen-bond acceptors (Lipinski definition) is 3. The quantitative estimate of drug-likeness (QED) is 0.539. The van der Waals surface area contributed by atoms with Crippen molar-refractivity contribution in [3.8, 4) is 0 Å². The first-order valence-corrected chi connectivity index (χ1v) is 5.85. The third-order valence-electron chi connectivity index (χ3n) is 2.69. The van der Waals surface area contributed by atoms with E-state index >= 15 is 0 Å². The minimum absolute atomic E-state index is 0.246. The van der Waals surface area contributed by atoms with Gasteiger partial charge in [-0.2, -0.15) is 0 Å². The summed E-state index contributed by atoms with van der Waals surface area (Å²) in [6.07, 6.45) is 1.81. The van der Waals surface area contributed by atoms with Crippen molar-refractivity contribution in [2.75, 3.05) is 0 Å². The van der Waals surface area contributed by atoms with Crippen LogP contribution in [0.5, 0.6) is 0 Å². The van der Waals surface area contributed by atoms with E-state index in [1.165, 1.54) is 0 Å². The van der Waals surface area contributed by atoms with E-state index < -0.39 is 11.0 Å². The number of aryl methyl sites for hydroxylation is 1. The number of hydrogen-bond donors (Lipinski definition) is 0. The lowest BCUT2D eigenvalue weighted by Crippen LogP contribution is -2.29. The Bertz CT molecular complexity index is 376. The van der Waals surface area contributed by atoms with Gasteiger partial charge in [-0.1, -0.05) is 37.3 Å². The Labute approximate surface area is 101 Å². The van der Waals surface area contributed by atoms with Crippen molar-refractivity contribution in [3.05, 3.63) is 46.0 Å². The molecule has 0 spiro atoms. The molecule has 1 unspecified atom stereocenters. The van der Waals surface area contributed by atoms with Gasteiger partial charge in [-0.15, -0.1) is 0 Å². The monoisotopic (exact) mass is 235 g/mol. The van der Waals surface area contributed by atoms with Gasteiger partial charge in [0.05, 0.1) is 0 Å². The highest BCUT2D eigenvalue weighted by atomic mass is 16.6. The van der Waals surface area contributed by atoms with E-state index in [1.807, 2.05) is 37.3 Å². The Kier molecular flexibility index (Phi) is 5.33. The van der Waals surface area contributed by atoms with Crippen LogP contribution in [-0.4, -0.2) is 16.7 Å². The minimum Gasteiger partial charge on any atom is -0.292 e. The molecule has 0 fully saturated rings. The molecule has 0 radical (unpaired) electrons. The zero-order chi connectivity index (χ0) is 12.7. The Morgan fingerprint density at radius 1 is 1.35 bits per heavy atom. The van der Waals surface area contributed by atoms with Crippen LogP contribution >= 0.6 is 0 Å². The fourth-order valence-electron chi connectivity index (χ4n) is 1.74. The molecule has 0 aromatic heterocycles. The minimum atomic E-state index is -1.02. The van der Waals surface area contributed by atoms with Crippen LogP contribution in [0.3, 0.4) is 0 Å². The van der Waals surface area contributed by atoms with E-state index in [2.05, 4.69) is 0 Å². The molecule has 0 saturated carbocycles. The average molecular weight is 235 g/mol. The van der Waals surface area contributed by atoms with Gasteiger partial charge in [-0.05, 0) is 18.4 Å². The Hall–Kier alpha value is -1.71. The summed E-state index contributed by atoms with van der Waals surface area (Å²) in [5.74, 6) is -0.263. The highest BCUT2D eigenvalue weighted by Gasteiger charge is 2.27. The summed E-state index contributed by atoms with van der Waals surface area (Å²) in [7, 11) is 0. The van der Waals surface area contributed by atoms with Gasteiger partial charge in [0, 0.05) is 17.8 Å². The standard InChI is InChI=1S/C13H17NO3/c1-2-6-12(14(16)17)13(15)10-9-11-7-4-3-5-8-11/h3-5,7-8,12H,2,6,9-10H2,1H3. The third-order valence-corrected chi connectivity index (χ3v) is 2.69. The predicted octanol–water partition coefficient (Wildman–Crippen LogP) is 2.63. The van der Waals surface area contributed by atoms with E-state index in [1.54, 1.807) is 0 Å². The summed E-state index contributed by atoms with van der Waals surface area (Å²) in [5, 5.41) is 10.7. The van der Waals surface area contributed by atoms with Crippen molar-refractivity contribution in [1.82, 2.24) is 0 Å². The van der Waals surface area contributed by atoms with Crippen molar-refractivity contribution >= 4 is 5.78 Å². The largest absolute Gasteiger partial charge is 0.292 e. The molecule has 0 aliphatic heterocycles. The predicted molar refractivity (Wildman–Crippen MR) is 65.5 cm³/mol. The number of benzene rings is 1. The van der Waals surface area contributed by atoms with E-state index in [0.29, 0.717) is 19.3 Å². The van der Waals surface area contributed by atoms with Crippen LogP contribution in [0.2, 0.25) is 0 Å². The Morgan fingerprint density at radius 2 is 2.00 bits per heavy atom. The fourth-order valence-corrected chi connectivity index (χ4v) is 1.74. The molecule has 17 heavy (non-hydrogen) atoms. The van der Waals surface area contributed by atoms with Crippen LogP contribution in [0.4, 0.5) is 0 Å². The number of nitrogens with zero attached hydrogens (tertiary/aromatic N) is 1. The van der Waals surface area contributed by atoms with Crippen LogP contribution < -0.4 is 0 Å². The maximum absolute atomic E-state index is 11.7. The van der Waals surface area contributed by atoms with Gasteiger partial charge in [0.25, 0.3) is 6.04 Å². The zero-order valence-corrected chi connectivity index (χ0v) is 9.96. The average Bonchev–Trinajstić information content (AvgIpc) is 2.34. The summed E-state index contributed by atoms with van der Waals surface area (Å²) >= 11 is 0. The molecule has 0 aliphatic rings. The Balaban J connectivity index is 2.50. The van der Waals surface area contributed by atoms with Gasteiger partial charge in [0.1, 0.15) is 0 Å². The first-order chi connectivity index (χ1) is 8.15. The van der Waals surface area contributed by atoms with Gasteiger partial charge >= 0.3 is 0 Å². The lowest BCUT2D eigenvalue weighted by Gasteiger charge is -2.07. The van der Waals surface area contributed by atoms with Crippen molar-refractivity contribution in [3.63, 3.8) is 0 Å². The maximum atomic E-state index is 11.7. The number of ketones is 1. The molecule has 0 saturated heterocycles. The van der Waals surface area contributed by atoms with Crippen LogP contribution in [0.25, 0.3) is 0 Å². The second-order valence-corrected chi connectivity index (χ2v) is 4.04. The van der Waals surface area contributed by atoms with E-state index in [9.17, 15) is 14.9 Å². The number of carbonyl (C=O) groups is 1. The SMILES string of the molecule is CCCC(C(=O)CCc1ccccc1)[N+](=O)[O-]. The van der Waals surface area contributed by atoms with Crippen LogP contribution in [0.1, 0.15) is 31.7 Å². The smallest absolute Gasteiger partial charge is 0.270 e. The van der Waals surface area contributed by atoms with Gasteiger partial charge in [0.15, 0.2) is 0 Å². The normalized spacial score (nSPS) is 12.1. The third kappa shape index (κ3) is 4.34. The highest BCUT2D eigenvalue weighted by molar-refractivity contribution is 5.82. The lowest BCUT2D eigenvalue weighted by molar-refractivity contribution is -0.508. The van der Waals surface area contributed by atoms with Gasteiger partial charge in [0.2, 0.25) is 5.78 Å². The second-order valence-electron chi connectivity index (χ2n) is 4.04.